The number of hydrogen-bond acceptors (Lipinski definition) is 3. The Kier molecular flexibility index (Phi) is 5.93. The van der Waals surface area contributed by atoms with Gasteiger partial charge >= 0.3 is 6.18 Å². The summed E-state index contributed by atoms with van der Waals surface area (Å²) in [4.78, 5) is 1.43. The van der Waals surface area contributed by atoms with E-state index in [0.717, 1.165) is 31.6 Å². The van der Waals surface area contributed by atoms with E-state index < -0.39 is 26.7 Å². The van der Waals surface area contributed by atoms with Gasteiger partial charge in [-0.1, -0.05) is 26.0 Å². The third-order valence-corrected chi connectivity index (χ3v) is 5.67. The van der Waals surface area contributed by atoms with Gasteiger partial charge in [-0.3, -0.25) is 0 Å². The van der Waals surface area contributed by atoms with E-state index in [1.165, 1.54) is 12.1 Å². The Labute approximate surface area is 141 Å². The second kappa shape index (κ2) is 7.41. The maximum absolute atomic E-state index is 13.0. The van der Waals surface area contributed by atoms with Gasteiger partial charge in [0.2, 0.25) is 10.0 Å². The number of benzene rings is 1. The van der Waals surface area contributed by atoms with E-state index in [9.17, 15) is 21.6 Å². The second-order valence-corrected chi connectivity index (χ2v) is 8.33. The normalized spacial score (nSPS) is 23.4. The van der Waals surface area contributed by atoms with Crippen LogP contribution in [0.2, 0.25) is 0 Å². The van der Waals surface area contributed by atoms with Crippen molar-refractivity contribution in [2.45, 2.75) is 31.3 Å². The maximum atomic E-state index is 13.0. The van der Waals surface area contributed by atoms with Crippen LogP contribution < -0.4 is 4.72 Å². The number of rotatable bonds is 5. The van der Waals surface area contributed by atoms with Gasteiger partial charge in [0.1, 0.15) is 0 Å². The van der Waals surface area contributed by atoms with Crippen molar-refractivity contribution in [1.29, 1.82) is 0 Å². The third kappa shape index (κ3) is 4.94. The van der Waals surface area contributed by atoms with Crippen molar-refractivity contribution >= 4 is 10.0 Å². The number of nitrogens with zero attached hydrogens (tertiary/aromatic N) is 1. The number of sulfonamides is 1. The molecule has 1 fully saturated rings. The molecule has 8 heteroatoms. The number of nitrogens with one attached hydrogen (secondary N) is 1. The molecule has 24 heavy (non-hydrogen) atoms. The van der Waals surface area contributed by atoms with E-state index in [2.05, 4.69) is 23.5 Å². The fourth-order valence-electron chi connectivity index (χ4n) is 3.33. The van der Waals surface area contributed by atoms with Crippen molar-refractivity contribution in [3.05, 3.63) is 29.8 Å². The van der Waals surface area contributed by atoms with Gasteiger partial charge in [0.05, 0.1) is 10.5 Å². The lowest BCUT2D eigenvalue weighted by molar-refractivity contribution is -0.139. The van der Waals surface area contributed by atoms with E-state index in [1.807, 2.05) is 0 Å². The molecular formula is C16H23F3N2O2S. The van der Waals surface area contributed by atoms with Gasteiger partial charge in [0.15, 0.2) is 0 Å². The summed E-state index contributed by atoms with van der Waals surface area (Å²) in [6.07, 6.45) is -3.57. The molecule has 1 aromatic rings. The van der Waals surface area contributed by atoms with Crippen LogP contribution >= 0.6 is 0 Å². The zero-order valence-corrected chi connectivity index (χ0v) is 14.6. The second-order valence-electron chi connectivity index (χ2n) is 6.60. The van der Waals surface area contributed by atoms with Gasteiger partial charge in [0.25, 0.3) is 0 Å². The number of alkyl halides is 3. The minimum Gasteiger partial charge on any atom is -0.302 e. The molecule has 1 heterocycles. The molecule has 1 aliphatic heterocycles. The van der Waals surface area contributed by atoms with Gasteiger partial charge < -0.3 is 4.90 Å². The smallest absolute Gasteiger partial charge is 0.302 e. The Morgan fingerprint density at radius 1 is 1.17 bits per heavy atom. The highest BCUT2D eigenvalue weighted by atomic mass is 32.2. The largest absolute Gasteiger partial charge is 0.417 e. The van der Waals surface area contributed by atoms with Crippen LogP contribution in [0.5, 0.6) is 0 Å². The van der Waals surface area contributed by atoms with Crippen molar-refractivity contribution in [2.24, 2.45) is 11.8 Å². The van der Waals surface area contributed by atoms with Gasteiger partial charge in [-0.15, -0.1) is 0 Å². The molecule has 1 saturated heterocycles. The molecule has 1 N–H and O–H groups in total. The Hall–Kier alpha value is -1.12. The quantitative estimate of drug-likeness (QED) is 0.874. The Morgan fingerprint density at radius 3 is 2.33 bits per heavy atom. The highest BCUT2D eigenvalue weighted by Gasteiger charge is 2.36. The van der Waals surface area contributed by atoms with E-state index in [4.69, 9.17) is 0 Å². The van der Waals surface area contributed by atoms with Crippen LogP contribution in [0.1, 0.15) is 25.8 Å². The molecule has 2 rings (SSSR count). The average molecular weight is 364 g/mol. The Balaban J connectivity index is 2.02. The zero-order valence-electron chi connectivity index (χ0n) is 13.8. The van der Waals surface area contributed by atoms with Crippen molar-refractivity contribution in [1.82, 2.24) is 9.62 Å². The van der Waals surface area contributed by atoms with E-state index in [1.54, 1.807) is 0 Å². The summed E-state index contributed by atoms with van der Waals surface area (Å²) in [6, 6.07) is 4.23. The van der Waals surface area contributed by atoms with E-state index in [-0.39, 0.29) is 6.54 Å². The fraction of sp³-hybridized carbons (Fsp3) is 0.625. The summed E-state index contributed by atoms with van der Waals surface area (Å²) >= 11 is 0. The first-order valence-corrected chi connectivity index (χ1v) is 9.46. The van der Waals surface area contributed by atoms with Crippen LogP contribution in [-0.4, -0.2) is 39.5 Å². The van der Waals surface area contributed by atoms with Gasteiger partial charge in [0, 0.05) is 26.2 Å². The molecule has 2 atom stereocenters. The Morgan fingerprint density at radius 2 is 1.75 bits per heavy atom. The molecule has 0 bridgehead atoms. The molecule has 0 saturated carbocycles. The number of halogens is 3. The van der Waals surface area contributed by atoms with Crippen LogP contribution in [0.15, 0.2) is 29.2 Å². The van der Waals surface area contributed by atoms with Crippen LogP contribution in [0.4, 0.5) is 13.2 Å². The fourth-order valence-corrected chi connectivity index (χ4v) is 4.57. The number of piperidine rings is 1. The first-order valence-electron chi connectivity index (χ1n) is 7.98. The monoisotopic (exact) mass is 364 g/mol. The topological polar surface area (TPSA) is 49.4 Å². The lowest BCUT2D eigenvalue weighted by Gasteiger charge is -2.34. The predicted molar refractivity (Wildman–Crippen MR) is 86.0 cm³/mol. The molecule has 4 nitrogen and oxygen atoms in total. The minimum atomic E-state index is -4.71. The zero-order chi connectivity index (χ0) is 18.0. The predicted octanol–water partition coefficient (Wildman–Crippen LogP) is 2.96. The van der Waals surface area contributed by atoms with Crippen LogP contribution in [0.25, 0.3) is 0 Å². The molecule has 2 unspecified atom stereocenters. The van der Waals surface area contributed by atoms with Crippen LogP contribution in [-0.2, 0) is 16.2 Å². The number of likely N-dealkylation sites (tertiary alicyclic amines) is 1. The molecule has 0 spiro atoms. The molecule has 0 aliphatic carbocycles. The highest BCUT2D eigenvalue weighted by molar-refractivity contribution is 7.89. The van der Waals surface area contributed by atoms with Gasteiger partial charge in [-0.2, -0.15) is 13.2 Å². The molecule has 136 valence electrons. The Bertz CT molecular complexity index is 652. The SMILES string of the molecule is CC1CC(C)CN(CCNS(=O)(=O)c2ccccc2C(F)(F)F)C1. The standard InChI is InChI=1S/C16H23F3N2O2S/c1-12-9-13(2)11-21(10-12)8-7-20-24(22,23)15-6-4-3-5-14(15)16(17,18)19/h3-6,12-13,20H,7-11H2,1-2H3. The van der Waals surface area contributed by atoms with Crippen molar-refractivity contribution in [2.75, 3.05) is 26.2 Å². The summed E-state index contributed by atoms with van der Waals surface area (Å²) in [5.74, 6) is 1.08. The van der Waals surface area contributed by atoms with E-state index >= 15 is 0 Å². The van der Waals surface area contributed by atoms with Gasteiger partial charge in [-0.05, 0) is 30.4 Å². The van der Waals surface area contributed by atoms with Crippen molar-refractivity contribution in [3.63, 3.8) is 0 Å². The van der Waals surface area contributed by atoms with E-state index in [0.29, 0.717) is 18.4 Å². The van der Waals surface area contributed by atoms with Gasteiger partial charge in [-0.25, -0.2) is 13.1 Å². The van der Waals surface area contributed by atoms with Crippen molar-refractivity contribution < 1.29 is 21.6 Å². The summed E-state index contributed by atoms with van der Waals surface area (Å²) in [6.45, 7) is 6.63. The summed E-state index contributed by atoms with van der Waals surface area (Å²) in [5, 5.41) is 0. The summed E-state index contributed by atoms with van der Waals surface area (Å²) in [5.41, 5.74) is -1.14. The lowest BCUT2D eigenvalue weighted by atomic mass is 9.92. The third-order valence-electron chi connectivity index (χ3n) is 4.15. The first-order chi connectivity index (χ1) is 11.1. The van der Waals surface area contributed by atoms with Crippen LogP contribution in [0.3, 0.4) is 0 Å². The molecule has 0 radical (unpaired) electrons. The minimum absolute atomic E-state index is 0.0912. The first kappa shape index (κ1) is 19.2. The molecule has 0 amide bonds. The molecule has 0 aromatic heterocycles. The number of hydrogen-bond donors (Lipinski definition) is 1. The lowest BCUT2D eigenvalue weighted by Crippen LogP contribution is -2.43. The summed E-state index contributed by atoms with van der Waals surface area (Å²) in [7, 11) is -4.20. The molecule has 1 aliphatic rings. The maximum Gasteiger partial charge on any atom is 0.417 e. The van der Waals surface area contributed by atoms with Crippen molar-refractivity contribution in [3.8, 4) is 0 Å². The highest BCUT2D eigenvalue weighted by Crippen LogP contribution is 2.33. The van der Waals surface area contributed by atoms with Crippen LogP contribution in [0, 0.1) is 11.8 Å². The average Bonchev–Trinajstić information content (AvgIpc) is 2.45. The molecule has 1 aromatic carbocycles. The molecular weight excluding hydrogens is 341 g/mol. The summed E-state index contributed by atoms with van der Waals surface area (Å²) < 4.78 is 65.7.